The molecule has 0 aliphatic rings. The highest BCUT2D eigenvalue weighted by atomic mass is 19.3. The van der Waals surface area contributed by atoms with Crippen LogP contribution < -0.4 is 0 Å². The first kappa shape index (κ1) is 15.8. The zero-order valence-electron chi connectivity index (χ0n) is 12.0. The van der Waals surface area contributed by atoms with Gasteiger partial charge in [-0.3, -0.25) is 4.79 Å². The number of ketones is 1. The van der Waals surface area contributed by atoms with Crippen LogP contribution in [0.2, 0.25) is 0 Å². The molecule has 0 saturated carbocycles. The molecule has 2 nitrogen and oxygen atoms in total. The number of nitriles is 1. The summed E-state index contributed by atoms with van der Waals surface area (Å²) in [6, 6.07) is 17.7. The summed E-state index contributed by atoms with van der Waals surface area (Å²) >= 11 is 0. The van der Waals surface area contributed by atoms with Gasteiger partial charge >= 0.3 is 5.92 Å². The molecular formula is C18H15F2NO. The van der Waals surface area contributed by atoms with E-state index in [1.54, 1.807) is 36.4 Å². The van der Waals surface area contributed by atoms with Crippen molar-refractivity contribution in [3.05, 3.63) is 71.8 Å². The predicted molar refractivity (Wildman–Crippen MR) is 79.7 cm³/mol. The van der Waals surface area contributed by atoms with Gasteiger partial charge in [-0.05, 0) is 5.56 Å². The summed E-state index contributed by atoms with van der Waals surface area (Å²) in [7, 11) is 0. The monoisotopic (exact) mass is 299 g/mol. The lowest BCUT2D eigenvalue weighted by Crippen LogP contribution is -2.38. The van der Waals surface area contributed by atoms with Gasteiger partial charge in [-0.15, -0.1) is 0 Å². The second-order valence-corrected chi connectivity index (χ2v) is 5.12. The van der Waals surface area contributed by atoms with Crippen LogP contribution in [0.15, 0.2) is 60.7 Å². The summed E-state index contributed by atoms with van der Waals surface area (Å²) in [4.78, 5) is 12.1. The molecule has 0 amide bonds. The molecule has 0 aliphatic carbocycles. The van der Waals surface area contributed by atoms with Crippen molar-refractivity contribution in [1.82, 2.24) is 0 Å². The third kappa shape index (κ3) is 3.04. The van der Waals surface area contributed by atoms with E-state index >= 15 is 0 Å². The van der Waals surface area contributed by atoms with E-state index in [-0.39, 0.29) is 5.56 Å². The molecule has 0 bridgehead atoms. The quantitative estimate of drug-likeness (QED) is 0.765. The summed E-state index contributed by atoms with van der Waals surface area (Å²) in [6.07, 6.45) is 0. The standard InChI is InChI=1S/C18H15F2NO/c1-13(16(12-21)14-8-4-2-5-9-14)18(19,20)17(22)15-10-6-3-7-11-15/h2-11,13,16H,1H3/t13-,16+/m0/s1. The molecule has 2 atom stereocenters. The number of Topliss-reactive ketones (excluding diaryl/α,β-unsaturated/α-hetero) is 1. The molecule has 0 aromatic heterocycles. The first-order chi connectivity index (χ1) is 10.5. The molecule has 0 aliphatic heterocycles. The molecule has 0 unspecified atom stereocenters. The van der Waals surface area contributed by atoms with Crippen LogP contribution >= 0.6 is 0 Å². The molecule has 0 fully saturated rings. The SMILES string of the molecule is C[C@@H]([C@@H](C#N)c1ccccc1)C(F)(F)C(=O)c1ccccc1. The molecule has 0 spiro atoms. The molecule has 112 valence electrons. The number of rotatable bonds is 5. The number of benzene rings is 2. The molecule has 0 radical (unpaired) electrons. The molecule has 0 heterocycles. The summed E-state index contributed by atoms with van der Waals surface area (Å²) in [5.74, 6) is -7.34. The highest BCUT2D eigenvalue weighted by Crippen LogP contribution is 2.38. The average molecular weight is 299 g/mol. The van der Waals surface area contributed by atoms with Crippen LogP contribution in [0.4, 0.5) is 8.78 Å². The number of carbonyl (C=O) groups is 1. The first-order valence-electron chi connectivity index (χ1n) is 6.90. The molecule has 2 aromatic rings. The van der Waals surface area contributed by atoms with E-state index in [1.807, 2.05) is 6.07 Å². The lowest BCUT2D eigenvalue weighted by molar-refractivity contribution is -0.0290. The second-order valence-electron chi connectivity index (χ2n) is 5.12. The number of hydrogen-bond acceptors (Lipinski definition) is 2. The van der Waals surface area contributed by atoms with Crippen molar-refractivity contribution in [2.75, 3.05) is 0 Å². The molecule has 0 saturated heterocycles. The van der Waals surface area contributed by atoms with Crippen LogP contribution in [0.5, 0.6) is 0 Å². The summed E-state index contributed by atoms with van der Waals surface area (Å²) < 4.78 is 29.0. The van der Waals surface area contributed by atoms with Crippen molar-refractivity contribution in [3.8, 4) is 6.07 Å². The van der Waals surface area contributed by atoms with E-state index in [9.17, 15) is 18.8 Å². The Kier molecular flexibility index (Phi) is 4.67. The minimum Gasteiger partial charge on any atom is -0.287 e. The maximum atomic E-state index is 14.5. The number of halogens is 2. The van der Waals surface area contributed by atoms with Crippen molar-refractivity contribution >= 4 is 5.78 Å². The smallest absolute Gasteiger partial charge is 0.287 e. The van der Waals surface area contributed by atoms with Gasteiger partial charge in [0.25, 0.3) is 0 Å². The maximum Gasteiger partial charge on any atom is 0.313 e. The summed E-state index contributed by atoms with van der Waals surface area (Å²) in [6.45, 7) is 1.24. The van der Waals surface area contributed by atoms with Gasteiger partial charge in [0, 0.05) is 11.5 Å². The molecular weight excluding hydrogens is 284 g/mol. The van der Waals surface area contributed by atoms with Gasteiger partial charge in [-0.2, -0.15) is 14.0 Å². The number of carbonyl (C=O) groups excluding carboxylic acids is 1. The topological polar surface area (TPSA) is 40.9 Å². The van der Waals surface area contributed by atoms with Crippen LogP contribution in [0.25, 0.3) is 0 Å². The average Bonchev–Trinajstić information content (AvgIpc) is 2.56. The van der Waals surface area contributed by atoms with Gasteiger partial charge in [-0.25, -0.2) is 0 Å². The number of nitrogens with zero attached hydrogens (tertiary/aromatic N) is 1. The largest absolute Gasteiger partial charge is 0.313 e. The Balaban J connectivity index is 2.32. The number of alkyl halides is 2. The third-order valence-electron chi connectivity index (χ3n) is 3.71. The molecule has 2 aromatic carbocycles. The van der Waals surface area contributed by atoms with Gasteiger partial charge in [-0.1, -0.05) is 67.6 Å². The first-order valence-corrected chi connectivity index (χ1v) is 6.90. The van der Waals surface area contributed by atoms with Crippen molar-refractivity contribution in [2.45, 2.75) is 18.8 Å². The van der Waals surface area contributed by atoms with E-state index < -0.39 is 23.5 Å². The normalized spacial score (nSPS) is 13.9. The van der Waals surface area contributed by atoms with Crippen molar-refractivity contribution in [2.24, 2.45) is 5.92 Å². The van der Waals surface area contributed by atoms with E-state index in [1.165, 1.54) is 31.2 Å². The second kappa shape index (κ2) is 6.48. The Labute approximate surface area is 128 Å². The summed E-state index contributed by atoms with van der Waals surface area (Å²) in [5.41, 5.74) is 0.433. The summed E-state index contributed by atoms with van der Waals surface area (Å²) in [5, 5.41) is 9.27. The minimum atomic E-state index is -3.61. The van der Waals surface area contributed by atoms with E-state index in [0.29, 0.717) is 5.56 Å². The van der Waals surface area contributed by atoms with Crippen LogP contribution in [0.1, 0.15) is 28.8 Å². The molecule has 4 heteroatoms. The Hall–Kier alpha value is -2.54. The van der Waals surface area contributed by atoms with Gasteiger partial charge < -0.3 is 0 Å². The van der Waals surface area contributed by atoms with E-state index in [2.05, 4.69) is 0 Å². The Morgan fingerprint density at radius 1 is 1.05 bits per heavy atom. The number of hydrogen-bond donors (Lipinski definition) is 0. The van der Waals surface area contributed by atoms with Crippen LogP contribution in [-0.2, 0) is 0 Å². The Bertz CT molecular complexity index is 677. The maximum absolute atomic E-state index is 14.5. The predicted octanol–water partition coefficient (Wildman–Crippen LogP) is 4.45. The van der Waals surface area contributed by atoms with Crippen molar-refractivity contribution < 1.29 is 13.6 Å². The van der Waals surface area contributed by atoms with Crippen LogP contribution in [0.3, 0.4) is 0 Å². The van der Waals surface area contributed by atoms with Gasteiger partial charge in [0.2, 0.25) is 5.78 Å². The minimum absolute atomic E-state index is 0.0518. The van der Waals surface area contributed by atoms with Gasteiger partial charge in [0.15, 0.2) is 0 Å². The van der Waals surface area contributed by atoms with Crippen molar-refractivity contribution in [3.63, 3.8) is 0 Å². The fraction of sp³-hybridized carbons (Fsp3) is 0.222. The van der Waals surface area contributed by atoms with E-state index in [4.69, 9.17) is 0 Å². The van der Waals surface area contributed by atoms with Gasteiger partial charge in [0.05, 0.1) is 12.0 Å². The molecule has 0 N–H and O–H groups in total. The highest BCUT2D eigenvalue weighted by Gasteiger charge is 2.48. The van der Waals surface area contributed by atoms with Crippen LogP contribution in [-0.4, -0.2) is 11.7 Å². The Morgan fingerprint density at radius 3 is 2.05 bits per heavy atom. The lowest BCUT2D eigenvalue weighted by atomic mass is 9.81. The lowest BCUT2D eigenvalue weighted by Gasteiger charge is -2.26. The van der Waals surface area contributed by atoms with Gasteiger partial charge in [0.1, 0.15) is 0 Å². The van der Waals surface area contributed by atoms with Crippen LogP contribution in [0, 0.1) is 17.2 Å². The molecule has 2 rings (SSSR count). The zero-order valence-corrected chi connectivity index (χ0v) is 12.0. The fourth-order valence-electron chi connectivity index (χ4n) is 2.33. The third-order valence-corrected chi connectivity index (χ3v) is 3.71. The van der Waals surface area contributed by atoms with Crippen molar-refractivity contribution in [1.29, 1.82) is 5.26 Å². The zero-order chi connectivity index (χ0) is 16.2. The van der Waals surface area contributed by atoms with E-state index in [0.717, 1.165) is 0 Å². The fourth-order valence-corrected chi connectivity index (χ4v) is 2.33. The Morgan fingerprint density at radius 2 is 1.55 bits per heavy atom. The molecule has 22 heavy (non-hydrogen) atoms. The highest BCUT2D eigenvalue weighted by molar-refractivity contribution is 6.01.